The summed E-state index contributed by atoms with van der Waals surface area (Å²) in [5.41, 5.74) is 1.76. The first kappa shape index (κ1) is 13.4. The van der Waals surface area contributed by atoms with Crippen molar-refractivity contribution in [2.75, 3.05) is 7.11 Å². The molecule has 3 rings (SSSR count). The molecule has 0 radical (unpaired) electrons. The summed E-state index contributed by atoms with van der Waals surface area (Å²) in [5, 5.41) is 0. The van der Waals surface area contributed by atoms with Crippen molar-refractivity contribution >= 4 is 11.4 Å². The molecule has 1 aromatic carbocycles. The monoisotopic (exact) mass is 281 g/mol. The summed E-state index contributed by atoms with van der Waals surface area (Å²) in [6.45, 7) is 0. The third-order valence-corrected chi connectivity index (χ3v) is 3.31. The summed E-state index contributed by atoms with van der Waals surface area (Å²) >= 11 is 0. The zero-order chi connectivity index (χ0) is 14.7. The lowest BCUT2D eigenvalue weighted by Crippen LogP contribution is -2.02. The number of aromatic nitrogens is 1. The van der Waals surface area contributed by atoms with E-state index < -0.39 is 0 Å². The molecule has 0 amide bonds. The van der Waals surface area contributed by atoms with E-state index >= 15 is 0 Å². The Labute approximate surface area is 122 Å². The van der Waals surface area contributed by atoms with E-state index in [1.807, 2.05) is 6.08 Å². The molecule has 1 aliphatic rings. The quantitative estimate of drug-likeness (QED) is 0.803. The number of benzene rings is 1. The van der Waals surface area contributed by atoms with Crippen molar-refractivity contribution in [3.05, 3.63) is 65.9 Å². The summed E-state index contributed by atoms with van der Waals surface area (Å²) in [7, 11) is 1.57. The van der Waals surface area contributed by atoms with Crippen LogP contribution in [0, 0.1) is 0 Å². The lowest BCUT2D eigenvalue weighted by molar-refractivity contribution is 0.103. The summed E-state index contributed by atoms with van der Waals surface area (Å²) in [6, 6.07) is 7.00. The van der Waals surface area contributed by atoms with Gasteiger partial charge in [-0.15, -0.1) is 0 Å². The summed E-state index contributed by atoms with van der Waals surface area (Å²) in [4.78, 5) is 16.7. The molecule has 0 saturated heterocycles. The molecule has 0 aliphatic heterocycles. The Hall–Kier alpha value is -2.62. The highest BCUT2D eigenvalue weighted by molar-refractivity contribution is 6.07. The van der Waals surface area contributed by atoms with Crippen molar-refractivity contribution in [2.24, 2.45) is 0 Å². The van der Waals surface area contributed by atoms with Crippen molar-refractivity contribution in [1.29, 1.82) is 0 Å². The number of allylic oxidation sites excluding steroid dienone is 4. The second-order valence-electron chi connectivity index (χ2n) is 4.74. The highest BCUT2D eigenvalue weighted by Crippen LogP contribution is 2.22. The molecule has 0 N–H and O–H groups in total. The van der Waals surface area contributed by atoms with E-state index in [9.17, 15) is 4.79 Å². The standard InChI is InChI=1S/C17H15NO3/c1-20-14-9-5-8-13(10-14)16(19)15-11-21-17(18-15)12-6-3-2-4-7-12/h3,5-11H,2,4H2,1H3. The van der Waals surface area contributed by atoms with Crippen molar-refractivity contribution in [2.45, 2.75) is 12.8 Å². The van der Waals surface area contributed by atoms with Gasteiger partial charge in [0.05, 0.1) is 7.11 Å². The van der Waals surface area contributed by atoms with E-state index in [0.717, 1.165) is 18.4 Å². The highest BCUT2D eigenvalue weighted by Gasteiger charge is 2.16. The molecule has 1 heterocycles. The van der Waals surface area contributed by atoms with E-state index in [-0.39, 0.29) is 5.78 Å². The molecular weight excluding hydrogens is 266 g/mol. The molecule has 2 aromatic rings. The fraction of sp³-hybridized carbons (Fsp3) is 0.176. The fourth-order valence-corrected chi connectivity index (χ4v) is 2.19. The van der Waals surface area contributed by atoms with Gasteiger partial charge in [-0.25, -0.2) is 4.98 Å². The van der Waals surface area contributed by atoms with Gasteiger partial charge in [0.15, 0.2) is 5.69 Å². The first-order valence-electron chi connectivity index (χ1n) is 6.79. The molecule has 1 aliphatic carbocycles. The lowest BCUT2D eigenvalue weighted by Gasteiger charge is -2.02. The summed E-state index contributed by atoms with van der Waals surface area (Å²) in [5.74, 6) is 0.948. The lowest BCUT2D eigenvalue weighted by atomic mass is 10.1. The van der Waals surface area contributed by atoms with Gasteiger partial charge in [0.25, 0.3) is 0 Å². The van der Waals surface area contributed by atoms with Gasteiger partial charge < -0.3 is 9.15 Å². The zero-order valence-corrected chi connectivity index (χ0v) is 11.7. The van der Waals surface area contributed by atoms with Gasteiger partial charge in [-0.1, -0.05) is 30.4 Å². The predicted octanol–water partition coefficient (Wildman–Crippen LogP) is 3.65. The summed E-state index contributed by atoms with van der Waals surface area (Å²) < 4.78 is 10.5. The van der Waals surface area contributed by atoms with Gasteiger partial charge in [-0.05, 0) is 25.0 Å². The predicted molar refractivity (Wildman–Crippen MR) is 79.3 cm³/mol. The van der Waals surface area contributed by atoms with Gasteiger partial charge in [0, 0.05) is 11.1 Å². The fourth-order valence-electron chi connectivity index (χ4n) is 2.19. The van der Waals surface area contributed by atoms with Crippen LogP contribution in [0.1, 0.15) is 34.8 Å². The number of rotatable bonds is 4. The normalized spacial score (nSPS) is 13.9. The van der Waals surface area contributed by atoms with Crippen molar-refractivity contribution in [3.63, 3.8) is 0 Å². The third-order valence-electron chi connectivity index (χ3n) is 3.31. The number of oxazole rings is 1. The maximum absolute atomic E-state index is 12.4. The van der Waals surface area contributed by atoms with Crippen LogP contribution in [0.4, 0.5) is 0 Å². The molecular formula is C17H15NO3. The molecule has 0 unspecified atom stereocenters. The minimum Gasteiger partial charge on any atom is -0.497 e. The van der Waals surface area contributed by atoms with Gasteiger partial charge in [-0.3, -0.25) is 4.79 Å². The average molecular weight is 281 g/mol. The van der Waals surface area contributed by atoms with Crippen LogP contribution in [0.15, 0.2) is 53.2 Å². The van der Waals surface area contributed by atoms with Crippen LogP contribution < -0.4 is 4.74 Å². The second kappa shape index (κ2) is 5.79. The van der Waals surface area contributed by atoms with Crippen LogP contribution in [0.5, 0.6) is 5.75 Å². The molecule has 106 valence electrons. The van der Waals surface area contributed by atoms with Gasteiger partial charge in [0.2, 0.25) is 11.7 Å². The number of ether oxygens (including phenoxy) is 1. The van der Waals surface area contributed by atoms with Crippen molar-refractivity contribution in [1.82, 2.24) is 4.98 Å². The summed E-state index contributed by atoms with van der Waals surface area (Å²) in [6.07, 6.45) is 9.50. The molecule has 0 atom stereocenters. The molecule has 0 fully saturated rings. The first-order chi connectivity index (χ1) is 10.3. The molecule has 4 nitrogen and oxygen atoms in total. The molecule has 0 saturated carbocycles. The molecule has 0 bridgehead atoms. The number of hydrogen-bond acceptors (Lipinski definition) is 4. The van der Waals surface area contributed by atoms with Crippen molar-refractivity contribution in [3.8, 4) is 5.75 Å². The van der Waals surface area contributed by atoms with Gasteiger partial charge in [-0.2, -0.15) is 0 Å². The number of nitrogens with zero attached hydrogens (tertiary/aromatic N) is 1. The van der Waals surface area contributed by atoms with E-state index in [1.165, 1.54) is 6.26 Å². The van der Waals surface area contributed by atoms with Crippen LogP contribution in [0.3, 0.4) is 0 Å². The minimum atomic E-state index is -0.177. The number of ketones is 1. The zero-order valence-electron chi connectivity index (χ0n) is 11.7. The van der Waals surface area contributed by atoms with Gasteiger partial charge in [0.1, 0.15) is 12.0 Å². The van der Waals surface area contributed by atoms with E-state index in [4.69, 9.17) is 9.15 Å². The number of methoxy groups -OCH3 is 1. The Morgan fingerprint density at radius 2 is 2.24 bits per heavy atom. The topological polar surface area (TPSA) is 52.3 Å². The maximum atomic E-state index is 12.4. The molecule has 1 aromatic heterocycles. The van der Waals surface area contributed by atoms with Crippen LogP contribution >= 0.6 is 0 Å². The van der Waals surface area contributed by atoms with E-state index in [2.05, 4.69) is 17.1 Å². The van der Waals surface area contributed by atoms with E-state index in [0.29, 0.717) is 22.9 Å². The molecule has 4 heteroatoms. The van der Waals surface area contributed by atoms with Gasteiger partial charge >= 0.3 is 0 Å². The largest absolute Gasteiger partial charge is 0.497 e. The van der Waals surface area contributed by atoms with Crippen molar-refractivity contribution < 1.29 is 13.9 Å². The third kappa shape index (κ3) is 2.79. The second-order valence-corrected chi connectivity index (χ2v) is 4.74. The Kier molecular flexibility index (Phi) is 3.69. The van der Waals surface area contributed by atoms with Crippen LogP contribution in [0.25, 0.3) is 5.57 Å². The molecule has 0 spiro atoms. The van der Waals surface area contributed by atoms with Crippen LogP contribution in [0.2, 0.25) is 0 Å². The Morgan fingerprint density at radius 3 is 3.00 bits per heavy atom. The van der Waals surface area contributed by atoms with Crippen LogP contribution in [-0.2, 0) is 0 Å². The van der Waals surface area contributed by atoms with E-state index in [1.54, 1.807) is 31.4 Å². The van der Waals surface area contributed by atoms with Crippen LogP contribution in [-0.4, -0.2) is 17.9 Å². The number of hydrogen-bond donors (Lipinski definition) is 0. The maximum Gasteiger partial charge on any atom is 0.226 e. The number of carbonyl (C=O) groups is 1. The Morgan fingerprint density at radius 1 is 1.33 bits per heavy atom. The number of carbonyl (C=O) groups excluding carboxylic acids is 1. The molecule has 21 heavy (non-hydrogen) atoms. The highest BCUT2D eigenvalue weighted by atomic mass is 16.5. The first-order valence-corrected chi connectivity index (χ1v) is 6.79. The SMILES string of the molecule is COc1cccc(C(=O)c2coc(C3=CCCC=C3)n2)c1. The smallest absolute Gasteiger partial charge is 0.226 e. The average Bonchev–Trinajstić information content (AvgIpc) is 3.05. The Balaban J connectivity index is 1.87. The Bertz CT molecular complexity index is 725. The minimum absolute atomic E-state index is 0.177.